The molecule has 0 spiro atoms. The van der Waals surface area contributed by atoms with Gasteiger partial charge in [0.1, 0.15) is 5.60 Å². The lowest BCUT2D eigenvalue weighted by molar-refractivity contribution is -0.117. The van der Waals surface area contributed by atoms with Crippen molar-refractivity contribution in [3.8, 4) is 23.7 Å². The Balaban J connectivity index is 1.57. The van der Waals surface area contributed by atoms with E-state index in [4.69, 9.17) is 0 Å². The minimum absolute atomic E-state index is 0.219. The van der Waals surface area contributed by atoms with Gasteiger partial charge in [-0.25, -0.2) is 0 Å². The van der Waals surface area contributed by atoms with Crippen LogP contribution in [0.4, 0.5) is 0 Å². The highest BCUT2D eigenvalue weighted by Crippen LogP contribution is 2.66. The largest absolute Gasteiger partial charge is 0.377 e. The molecule has 0 saturated heterocycles. The topological polar surface area (TPSA) is 37.3 Å². The Hall–Kier alpha value is -2.29. The Labute approximate surface area is 186 Å². The molecule has 1 N–H and O–H groups in total. The molecule has 1 aromatic carbocycles. The zero-order valence-electron chi connectivity index (χ0n) is 18.7. The number of hydrogen-bond donors (Lipinski definition) is 1. The van der Waals surface area contributed by atoms with Crippen molar-refractivity contribution in [3.05, 3.63) is 47.5 Å². The minimum atomic E-state index is -0.914. The zero-order chi connectivity index (χ0) is 21.6. The van der Waals surface area contributed by atoms with Crippen molar-refractivity contribution in [1.82, 2.24) is 0 Å². The van der Waals surface area contributed by atoms with Crippen LogP contribution in [0.1, 0.15) is 64.4 Å². The van der Waals surface area contributed by atoms with E-state index >= 15 is 0 Å². The molecular formula is C29H32O2. The first-order valence-corrected chi connectivity index (χ1v) is 11.9. The van der Waals surface area contributed by atoms with Gasteiger partial charge in [-0.1, -0.05) is 48.5 Å². The van der Waals surface area contributed by atoms with Gasteiger partial charge in [-0.05, 0) is 87.3 Å². The third-order valence-corrected chi connectivity index (χ3v) is 8.96. The fourth-order valence-corrected chi connectivity index (χ4v) is 7.57. The van der Waals surface area contributed by atoms with E-state index in [1.807, 2.05) is 31.2 Å². The molecule has 2 heteroatoms. The molecule has 0 amide bonds. The molecule has 0 aliphatic heterocycles. The molecule has 1 aromatic rings. The molecule has 2 nitrogen and oxygen atoms in total. The molecule has 5 rings (SSSR count). The van der Waals surface area contributed by atoms with Crippen molar-refractivity contribution in [2.45, 2.75) is 64.4 Å². The summed E-state index contributed by atoms with van der Waals surface area (Å²) >= 11 is 0. The summed E-state index contributed by atoms with van der Waals surface area (Å²) in [4.78, 5) is 12.1. The molecule has 160 valence electrons. The smallest absolute Gasteiger partial charge is 0.155 e. The zero-order valence-corrected chi connectivity index (χ0v) is 18.7. The number of allylic oxidation sites excluding steroid dienone is 1. The van der Waals surface area contributed by atoms with Crippen molar-refractivity contribution in [3.63, 3.8) is 0 Å². The van der Waals surface area contributed by atoms with Crippen LogP contribution in [0.2, 0.25) is 0 Å². The average molecular weight is 413 g/mol. The van der Waals surface area contributed by atoms with Crippen LogP contribution < -0.4 is 0 Å². The Morgan fingerprint density at radius 1 is 1.10 bits per heavy atom. The summed E-state index contributed by atoms with van der Waals surface area (Å²) < 4.78 is 0. The van der Waals surface area contributed by atoms with E-state index in [0.29, 0.717) is 35.9 Å². The lowest BCUT2D eigenvalue weighted by Crippen LogP contribution is -2.55. The van der Waals surface area contributed by atoms with Gasteiger partial charge >= 0.3 is 0 Å². The molecule has 7 atom stereocenters. The SMILES string of the molecule is CC#C[C@]1(O)CC[C@H]2[C@@H]3CCC4=CC(=O)CC[C@@H]4[C@H]3[C@@H](C#Cc3ccccc3)C[C@@]21C. The van der Waals surface area contributed by atoms with E-state index < -0.39 is 5.60 Å². The lowest BCUT2D eigenvalue weighted by Gasteiger charge is -2.57. The van der Waals surface area contributed by atoms with Gasteiger partial charge in [0, 0.05) is 23.3 Å². The summed E-state index contributed by atoms with van der Waals surface area (Å²) in [5.41, 5.74) is 1.28. The van der Waals surface area contributed by atoms with Crippen LogP contribution in [-0.4, -0.2) is 16.5 Å². The lowest BCUT2D eigenvalue weighted by atomic mass is 9.47. The third kappa shape index (κ3) is 3.28. The second-order valence-electron chi connectivity index (χ2n) is 10.4. The summed E-state index contributed by atoms with van der Waals surface area (Å²) in [6, 6.07) is 10.2. The molecule has 31 heavy (non-hydrogen) atoms. The first-order valence-electron chi connectivity index (χ1n) is 11.9. The fraction of sp³-hybridized carbons (Fsp3) is 0.552. The van der Waals surface area contributed by atoms with E-state index in [1.54, 1.807) is 0 Å². The van der Waals surface area contributed by atoms with E-state index in [2.05, 4.69) is 42.7 Å². The van der Waals surface area contributed by atoms with Crippen molar-refractivity contribution < 1.29 is 9.90 Å². The van der Waals surface area contributed by atoms with Crippen molar-refractivity contribution in [1.29, 1.82) is 0 Å². The molecule has 0 unspecified atom stereocenters. The molecule has 0 radical (unpaired) electrons. The van der Waals surface area contributed by atoms with Gasteiger partial charge in [-0.15, -0.1) is 5.92 Å². The molecule has 0 bridgehead atoms. The predicted molar refractivity (Wildman–Crippen MR) is 123 cm³/mol. The molecule has 4 aliphatic carbocycles. The predicted octanol–water partition coefficient (Wildman–Crippen LogP) is 5.16. The number of benzene rings is 1. The van der Waals surface area contributed by atoms with Crippen LogP contribution in [0.3, 0.4) is 0 Å². The maximum absolute atomic E-state index is 12.1. The monoisotopic (exact) mass is 412 g/mol. The van der Waals surface area contributed by atoms with Crippen LogP contribution in [0, 0.1) is 58.7 Å². The summed E-state index contributed by atoms with van der Waals surface area (Å²) in [7, 11) is 0. The standard InChI is InChI=1S/C29H32O2/c1-3-16-29(31)17-15-26-25-13-11-21-18-23(30)12-14-24(21)27(25)22(19-28(26,29)2)10-9-20-7-5-4-6-8-20/h4-8,18,22,24-27,31H,11-15,17,19H2,1-2H3/t22-,24-,25-,26-,27+,28-,29-/m0/s1. The number of carbonyl (C=O) groups is 1. The number of fused-ring (bicyclic) bond motifs is 5. The highest BCUT2D eigenvalue weighted by atomic mass is 16.3. The van der Waals surface area contributed by atoms with Gasteiger partial charge in [0.15, 0.2) is 5.78 Å². The molecule has 3 fully saturated rings. The number of ketones is 1. The van der Waals surface area contributed by atoms with E-state index in [1.165, 1.54) is 5.57 Å². The normalized spacial score (nSPS) is 40.8. The maximum atomic E-state index is 12.1. The Kier molecular flexibility index (Phi) is 5.11. The van der Waals surface area contributed by atoms with Gasteiger partial charge in [-0.3, -0.25) is 4.79 Å². The minimum Gasteiger partial charge on any atom is -0.377 e. The van der Waals surface area contributed by atoms with Gasteiger partial charge in [0.2, 0.25) is 0 Å². The summed E-state index contributed by atoms with van der Waals surface area (Å²) in [5.74, 6) is 15.9. The van der Waals surface area contributed by atoms with Crippen LogP contribution >= 0.6 is 0 Å². The van der Waals surface area contributed by atoms with Crippen LogP contribution in [-0.2, 0) is 4.79 Å². The van der Waals surface area contributed by atoms with Gasteiger partial charge in [0.25, 0.3) is 0 Å². The molecule has 0 aromatic heterocycles. The first kappa shape index (κ1) is 20.6. The molecular weight excluding hydrogens is 380 g/mol. The molecule has 3 saturated carbocycles. The number of aliphatic hydroxyl groups is 1. The van der Waals surface area contributed by atoms with Gasteiger partial charge < -0.3 is 5.11 Å². The highest BCUT2D eigenvalue weighted by Gasteiger charge is 2.64. The fourth-order valence-electron chi connectivity index (χ4n) is 7.57. The highest BCUT2D eigenvalue weighted by molar-refractivity contribution is 5.91. The average Bonchev–Trinajstić information content (AvgIpc) is 3.03. The second-order valence-corrected chi connectivity index (χ2v) is 10.4. The summed E-state index contributed by atoms with van der Waals surface area (Å²) in [5, 5.41) is 11.6. The van der Waals surface area contributed by atoms with E-state index in [-0.39, 0.29) is 11.3 Å². The van der Waals surface area contributed by atoms with Gasteiger partial charge in [-0.2, -0.15) is 0 Å². The Morgan fingerprint density at radius 2 is 1.90 bits per heavy atom. The number of hydrogen-bond acceptors (Lipinski definition) is 2. The maximum Gasteiger partial charge on any atom is 0.155 e. The Morgan fingerprint density at radius 3 is 2.68 bits per heavy atom. The van der Waals surface area contributed by atoms with Crippen molar-refractivity contribution in [2.24, 2.45) is 35.0 Å². The quantitative estimate of drug-likeness (QED) is 0.598. The number of rotatable bonds is 0. The summed E-state index contributed by atoms with van der Waals surface area (Å²) in [6.07, 6.45) is 8.44. The second kappa shape index (κ2) is 7.69. The van der Waals surface area contributed by atoms with Crippen molar-refractivity contribution in [2.75, 3.05) is 0 Å². The molecule has 0 heterocycles. The van der Waals surface area contributed by atoms with Crippen molar-refractivity contribution >= 4 is 5.78 Å². The van der Waals surface area contributed by atoms with Gasteiger partial charge in [0.05, 0.1) is 0 Å². The Bertz CT molecular complexity index is 1030. The number of carbonyl (C=O) groups excluding carboxylic acids is 1. The van der Waals surface area contributed by atoms with E-state index in [9.17, 15) is 9.90 Å². The molecule has 4 aliphatic rings. The first-order chi connectivity index (χ1) is 14.9. The van der Waals surface area contributed by atoms with E-state index in [0.717, 1.165) is 44.1 Å². The van der Waals surface area contributed by atoms with Crippen LogP contribution in [0.15, 0.2) is 42.0 Å². The van der Waals surface area contributed by atoms with Crippen LogP contribution in [0.25, 0.3) is 0 Å². The summed E-state index contributed by atoms with van der Waals surface area (Å²) in [6.45, 7) is 4.11. The third-order valence-electron chi connectivity index (χ3n) is 8.96. The van der Waals surface area contributed by atoms with Crippen LogP contribution in [0.5, 0.6) is 0 Å².